The van der Waals surface area contributed by atoms with Crippen LogP contribution in [0.3, 0.4) is 0 Å². The lowest BCUT2D eigenvalue weighted by atomic mass is 9.46. The number of aliphatic hydroxyl groups is 1. The predicted molar refractivity (Wildman–Crippen MR) is 87.3 cm³/mol. The Morgan fingerprint density at radius 2 is 1.73 bits per heavy atom. The standard InChI is InChI=1S/C20H30O2/c1-18-9-6-14(21)12-13(18)4-5-15-16(18)7-10-19(2)17(15)8-11-20(19,3)22/h12,15-17,22H,4-11H2,1-3H3/t15-,16-,17-,18-,19-,20-/m0/s1. The van der Waals surface area contributed by atoms with Crippen LogP contribution < -0.4 is 0 Å². The maximum absolute atomic E-state index is 11.8. The molecule has 2 nitrogen and oxygen atoms in total. The fourth-order valence-corrected chi connectivity index (χ4v) is 6.80. The zero-order valence-electron chi connectivity index (χ0n) is 14.3. The number of carbonyl (C=O) groups is 1. The van der Waals surface area contributed by atoms with Crippen molar-refractivity contribution in [2.75, 3.05) is 0 Å². The van der Waals surface area contributed by atoms with Crippen molar-refractivity contribution >= 4 is 5.78 Å². The molecule has 22 heavy (non-hydrogen) atoms. The molecule has 0 saturated heterocycles. The maximum Gasteiger partial charge on any atom is 0.155 e. The molecule has 4 aliphatic rings. The van der Waals surface area contributed by atoms with Crippen LogP contribution in [-0.2, 0) is 4.79 Å². The normalized spacial score (nSPS) is 54.3. The molecule has 0 aromatic carbocycles. The number of hydrogen-bond acceptors (Lipinski definition) is 2. The van der Waals surface area contributed by atoms with E-state index in [4.69, 9.17) is 0 Å². The molecule has 3 fully saturated rings. The third kappa shape index (κ3) is 1.74. The molecule has 2 heteroatoms. The summed E-state index contributed by atoms with van der Waals surface area (Å²) in [6.45, 7) is 6.85. The minimum atomic E-state index is -0.484. The van der Waals surface area contributed by atoms with Gasteiger partial charge in [-0.2, -0.15) is 0 Å². The Morgan fingerprint density at radius 3 is 2.50 bits per heavy atom. The summed E-state index contributed by atoms with van der Waals surface area (Å²) in [6, 6.07) is 0. The van der Waals surface area contributed by atoms with Gasteiger partial charge in [-0.15, -0.1) is 0 Å². The summed E-state index contributed by atoms with van der Waals surface area (Å²) in [5, 5.41) is 10.9. The van der Waals surface area contributed by atoms with Crippen LogP contribution in [0, 0.1) is 28.6 Å². The maximum atomic E-state index is 11.8. The zero-order chi connectivity index (χ0) is 15.8. The van der Waals surface area contributed by atoms with E-state index < -0.39 is 5.60 Å². The molecule has 4 aliphatic carbocycles. The lowest BCUT2D eigenvalue weighted by Gasteiger charge is -2.58. The largest absolute Gasteiger partial charge is 0.390 e. The molecule has 0 heterocycles. The highest BCUT2D eigenvalue weighted by atomic mass is 16.3. The third-order valence-corrected chi connectivity index (χ3v) is 8.52. The fourth-order valence-electron chi connectivity index (χ4n) is 6.80. The summed E-state index contributed by atoms with van der Waals surface area (Å²) >= 11 is 0. The Kier molecular flexibility index (Phi) is 3.03. The number of hydrogen-bond donors (Lipinski definition) is 1. The van der Waals surface area contributed by atoms with Gasteiger partial charge in [-0.05, 0) is 86.5 Å². The quantitative estimate of drug-likeness (QED) is 0.725. The van der Waals surface area contributed by atoms with Gasteiger partial charge < -0.3 is 5.11 Å². The Morgan fingerprint density at radius 1 is 1.00 bits per heavy atom. The van der Waals surface area contributed by atoms with Crippen molar-refractivity contribution in [3.63, 3.8) is 0 Å². The molecule has 0 aromatic heterocycles. The van der Waals surface area contributed by atoms with Gasteiger partial charge in [0, 0.05) is 6.42 Å². The summed E-state index contributed by atoms with van der Waals surface area (Å²) in [7, 11) is 0. The van der Waals surface area contributed by atoms with Gasteiger partial charge >= 0.3 is 0 Å². The molecule has 0 bridgehead atoms. The zero-order valence-corrected chi connectivity index (χ0v) is 14.3. The van der Waals surface area contributed by atoms with Crippen LogP contribution in [-0.4, -0.2) is 16.5 Å². The lowest BCUT2D eigenvalue weighted by Crippen LogP contribution is -2.53. The number of fused-ring (bicyclic) bond motifs is 5. The van der Waals surface area contributed by atoms with Crippen LogP contribution in [0.2, 0.25) is 0 Å². The first-order valence-corrected chi connectivity index (χ1v) is 9.24. The summed E-state index contributed by atoms with van der Waals surface area (Å²) in [5.41, 5.74) is 1.32. The molecule has 0 aliphatic heterocycles. The molecule has 4 rings (SSSR count). The van der Waals surface area contributed by atoms with Gasteiger partial charge in [0.2, 0.25) is 0 Å². The Balaban J connectivity index is 1.70. The molecular formula is C20H30O2. The SMILES string of the molecule is C[C@]12CCC(=O)C=C1CC[C@H]1[C@@H]2CC[C@@]2(C)[C@H]1CC[C@]2(C)O. The Bertz CT molecular complexity index is 546. The van der Waals surface area contributed by atoms with Gasteiger partial charge in [0.25, 0.3) is 0 Å². The highest BCUT2D eigenvalue weighted by molar-refractivity contribution is 5.91. The molecule has 6 atom stereocenters. The van der Waals surface area contributed by atoms with Crippen LogP contribution in [0.25, 0.3) is 0 Å². The minimum absolute atomic E-state index is 0.107. The van der Waals surface area contributed by atoms with Gasteiger partial charge in [0.05, 0.1) is 5.60 Å². The van der Waals surface area contributed by atoms with Crippen molar-refractivity contribution in [1.29, 1.82) is 0 Å². The molecule has 122 valence electrons. The first-order valence-electron chi connectivity index (χ1n) is 9.24. The molecule has 0 amide bonds. The van der Waals surface area contributed by atoms with Crippen LogP contribution in [0.1, 0.15) is 72.1 Å². The summed E-state index contributed by atoms with van der Waals surface area (Å²) < 4.78 is 0. The van der Waals surface area contributed by atoms with E-state index in [1.54, 1.807) is 0 Å². The lowest BCUT2D eigenvalue weighted by molar-refractivity contribution is -0.124. The first kappa shape index (κ1) is 14.9. The van der Waals surface area contributed by atoms with E-state index in [0.717, 1.165) is 43.9 Å². The summed E-state index contributed by atoms with van der Waals surface area (Å²) in [6.07, 6.45) is 10.7. The van der Waals surface area contributed by atoms with Crippen molar-refractivity contribution in [1.82, 2.24) is 0 Å². The van der Waals surface area contributed by atoms with Crippen LogP contribution in [0.4, 0.5) is 0 Å². The minimum Gasteiger partial charge on any atom is -0.390 e. The van der Waals surface area contributed by atoms with E-state index in [2.05, 4.69) is 20.8 Å². The second kappa shape index (κ2) is 4.47. The van der Waals surface area contributed by atoms with Crippen LogP contribution >= 0.6 is 0 Å². The molecule has 0 aromatic rings. The fraction of sp³-hybridized carbons (Fsp3) is 0.850. The van der Waals surface area contributed by atoms with Crippen molar-refractivity contribution in [3.8, 4) is 0 Å². The summed E-state index contributed by atoms with van der Waals surface area (Å²) in [5.74, 6) is 2.50. The predicted octanol–water partition coefficient (Wildman–Crippen LogP) is 4.27. The topological polar surface area (TPSA) is 37.3 Å². The van der Waals surface area contributed by atoms with E-state index in [1.807, 2.05) is 6.08 Å². The number of carbonyl (C=O) groups excluding carboxylic acids is 1. The smallest absolute Gasteiger partial charge is 0.155 e. The van der Waals surface area contributed by atoms with Gasteiger partial charge in [-0.25, -0.2) is 0 Å². The number of allylic oxidation sites excluding steroid dienone is 1. The van der Waals surface area contributed by atoms with E-state index in [0.29, 0.717) is 11.7 Å². The van der Waals surface area contributed by atoms with E-state index in [9.17, 15) is 9.90 Å². The first-order chi connectivity index (χ1) is 10.3. The highest BCUT2D eigenvalue weighted by Gasteiger charge is 2.62. The molecule has 0 unspecified atom stereocenters. The average Bonchev–Trinajstić information content (AvgIpc) is 2.70. The molecule has 3 saturated carbocycles. The summed E-state index contributed by atoms with van der Waals surface area (Å²) in [4.78, 5) is 11.8. The van der Waals surface area contributed by atoms with Gasteiger partial charge in [0.1, 0.15) is 0 Å². The highest BCUT2D eigenvalue weighted by Crippen LogP contribution is 2.67. The van der Waals surface area contributed by atoms with Gasteiger partial charge in [-0.1, -0.05) is 19.4 Å². The second-order valence-corrected chi connectivity index (χ2v) is 9.24. The molecule has 1 N–H and O–H groups in total. The van der Waals surface area contributed by atoms with Crippen molar-refractivity contribution in [2.45, 2.75) is 77.7 Å². The van der Waals surface area contributed by atoms with Crippen molar-refractivity contribution < 1.29 is 9.90 Å². The van der Waals surface area contributed by atoms with E-state index in [-0.39, 0.29) is 10.8 Å². The van der Waals surface area contributed by atoms with Crippen molar-refractivity contribution in [3.05, 3.63) is 11.6 Å². The van der Waals surface area contributed by atoms with Gasteiger partial charge in [0.15, 0.2) is 5.78 Å². The Labute approximate surface area is 134 Å². The molecular weight excluding hydrogens is 272 g/mol. The Hall–Kier alpha value is -0.630. The molecule has 0 spiro atoms. The number of ketones is 1. The van der Waals surface area contributed by atoms with Crippen LogP contribution in [0.5, 0.6) is 0 Å². The average molecular weight is 302 g/mol. The third-order valence-electron chi connectivity index (χ3n) is 8.52. The van der Waals surface area contributed by atoms with Crippen molar-refractivity contribution in [2.24, 2.45) is 28.6 Å². The van der Waals surface area contributed by atoms with Crippen LogP contribution in [0.15, 0.2) is 11.6 Å². The van der Waals surface area contributed by atoms with E-state index >= 15 is 0 Å². The monoisotopic (exact) mass is 302 g/mol. The molecule has 0 radical (unpaired) electrons. The number of rotatable bonds is 0. The van der Waals surface area contributed by atoms with Gasteiger partial charge in [-0.3, -0.25) is 4.79 Å². The van der Waals surface area contributed by atoms with E-state index in [1.165, 1.54) is 24.8 Å². The second-order valence-electron chi connectivity index (χ2n) is 9.24.